The highest BCUT2D eigenvalue weighted by Gasteiger charge is 2.38. The van der Waals surface area contributed by atoms with E-state index in [0.29, 0.717) is 5.92 Å². The van der Waals surface area contributed by atoms with Gasteiger partial charge in [-0.15, -0.1) is 0 Å². The molecule has 0 spiro atoms. The molecule has 0 aromatic heterocycles. The van der Waals surface area contributed by atoms with Gasteiger partial charge in [-0.25, -0.2) is 0 Å². The van der Waals surface area contributed by atoms with Crippen LogP contribution in [0.4, 0.5) is 0 Å². The molecule has 1 aliphatic carbocycles. The molecule has 0 radical (unpaired) electrons. The number of aliphatic imine (C=N–C) groups is 1. The van der Waals surface area contributed by atoms with Gasteiger partial charge in [-0.1, -0.05) is 78.9 Å². The van der Waals surface area contributed by atoms with E-state index in [0.717, 1.165) is 18.6 Å². The molecule has 0 saturated heterocycles. The number of hydrogen-bond acceptors (Lipinski definition) is 2. The maximum Gasteiger partial charge on any atom is 0.127 e. The van der Waals surface area contributed by atoms with Crippen LogP contribution in [0.5, 0.6) is 0 Å². The molecule has 0 amide bonds. The van der Waals surface area contributed by atoms with Crippen LogP contribution in [-0.2, 0) is 0 Å². The fourth-order valence-electron chi connectivity index (χ4n) is 4.05. The third kappa shape index (κ3) is 2.45. The van der Waals surface area contributed by atoms with E-state index in [1.807, 2.05) is 0 Å². The van der Waals surface area contributed by atoms with Gasteiger partial charge >= 0.3 is 0 Å². The Morgan fingerprint density at radius 1 is 0.880 bits per heavy atom. The molecule has 2 heterocycles. The Bertz CT molecular complexity index is 904. The topological polar surface area (TPSA) is 15.6 Å². The van der Waals surface area contributed by atoms with Crippen molar-refractivity contribution in [3.05, 3.63) is 102 Å². The van der Waals surface area contributed by atoms with E-state index < -0.39 is 0 Å². The van der Waals surface area contributed by atoms with Crippen LogP contribution in [-0.4, -0.2) is 16.8 Å². The summed E-state index contributed by atoms with van der Waals surface area (Å²) in [4.78, 5) is 7.47. The van der Waals surface area contributed by atoms with Gasteiger partial charge in [0.25, 0.3) is 0 Å². The second-order valence-corrected chi connectivity index (χ2v) is 6.76. The lowest BCUT2D eigenvalue weighted by molar-refractivity contribution is 0.350. The van der Waals surface area contributed by atoms with Crippen molar-refractivity contribution in [1.82, 2.24) is 4.90 Å². The minimum Gasteiger partial charge on any atom is -0.317 e. The van der Waals surface area contributed by atoms with E-state index in [9.17, 15) is 0 Å². The molecule has 0 fully saturated rings. The summed E-state index contributed by atoms with van der Waals surface area (Å²) in [5.74, 6) is 0.395. The predicted octanol–water partition coefficient (Wildman–Crippen LogP) is 5.14. The quantitative estimate of drug-likeness (QED) is 0.746. The number of fused-ring (bicyclic) bond motifs is 3. The van der Waals surface area contributed by atoms with E-state index in [1.54, 1.807) is 0 Å². The van der Waals surface area contributed by atoms with Gasteiger partial charge in [-0.3, -0.25) is 4.99 Å². The minimum absolute atomic E-state index is 0.189. The molecule has 5 rings (SSSR count). The monoisotopic (exact) mass is 324 g/mol. The Kier molecular flexibility index (Phi) is 3.41. The van der Waals surface area contributed by atoms with Crippen molar-refractivity contribution in [2.45, 2.75) is 24.9 Å². The smallest absolute Gasteiger partial charge is 0.127 e. The highest BCUT2D eigenvalue weighted by molar-refractivity contribution is 6.11. The Balaban J connectivity index is 1.64. The Morgan fingerprint density at radius 3 is 2.44 bits per heavy atom. The van der Waals surface area contributed by atoms with Crippen LogP contribution >= 0.6 is 0 Å². The molecule has 2 aliphatic heterocycles. The van der Waals surface area contributed by atoms with Gasteiger partial charge in [0.2, 0.25) is 0 Å². The van der Waals surface area contributed by atoms with E-state index in [1.165, 1.54) is 22.5 Å². The van der Waals surface area contributed by atoms with Crippen LogP contribution in [0, 0.1) is 0 Å². The standard InChI is InChI=1S/C23H20N2/c1-3-9-17(10-4-1)19-15-22(18-11-5-2-6-12-18)25-21-14-8-7-13-20(21)24-23(25)16-19/h1-7,9-15,19,23H,8,16H2. The van der Waals surface area contributed by atoms with Gasteiger partial charge in [0.1, 0.15) is 6.17 Å². The number of rotatable bonds is 2. The lowest BCUT2D eigenvalue weighted by Gasteiger charge is -2.36. The van der Waals surface area contributed by atoms with Crippen LogP contribution in [0.1, 0.15) is 29.9 Å². The number of nitrogens with zero attached hydrogens (tertiary/aromatic N) is 2. The fraction of sp³-hybridized carbons (Fsp3) is 0.174. The first-order valence-electron chi connectivity index (χ1n) is 8.96. The fourth-order valence-corrected chi connectivity index (χ4v) is 4.05. The van der Waals surface area contributed by atoms with Gasteiger partial charge in [0.05, 0.1) is 11.4 Å². The summed E-state index contributed by atoms with van der Waals surface area (Å²) in [5, 5.41) is 0. The minimum atomic E-state index is 0.189. The summed E-state index contributed by atoms with van der Waals surface area (Å²) < 4.78 is 0. The summed E-state index contributed by atoms with van der Waals surface area (Å²) in [6, 6.07) is 21.5. The van der Waals surface area contributed by atoms with Crippen LogP contribution in [0.15, 0.2) is 95.7 Å². The van der Waals surface area contributed by atoms with Gasteiger partial charge < -0.3 is 4.90 Å². The van der Waals surface area contributed by atoms with Crippen LogP contribution in [0.2, 0.25) is 0 Å². The van der Waals surface area contributed by atoms with Gasteiger partial charge in [0, 0.05) is 11.6 Å². The summed E-state index contributed by atoms with van der Waals surface area (Å²) >= 11 is 0. The molecule has 2 heteroatoms. The van der Waals surface area contributed by atoms with Crippen molar-refractivity contribution in [2.24, 2.45) is 4.99 Å². The van der Waals surface area contributed by atoms with Crippen molar-refractivity contribution < 1.29 is 0 Å². The van der Waals surface area contributed by atoms with Gasteiger partial charge in [-0.2, -0.15) is 0 Å². The van der Waals surface area contributed by atoms with Crippen molar-refractivity contribution in [2.75, 3.05) is 0 Å². The third-order valence-electron chi connectivity index (χ3n) is 5.21. The number of allylic oxidation sites excluding steroid dienone is 4. The molecule has 2 nitrogen and oxygen atoms in total. The molecule has 122 valence electrons. The highest BCUT2D eigenvalue weighted by atomic mass is 15.3. The molecular weight excluding hydrogens is 304 g/mol. The zero-order valence-electron chi connectivity index (χ0n) is 14.0. The van der Waals surface area contributed by atoms with E-state index in [4.69, 9.17) is 4.99 Å². The van der Waals surface area contributed by atoms with Gasteiger partial charge in [0.15, 0.2) is 0 Å². The highest BCUT2D eigenvalue weighted by Crippen LogP contribution is 2.43. The molecule has 25 heavy (non-hydrogen) atoms. The summed E-state index contributed by atoms with van der Waals surface area (Å²) in [6.07, 6.45) is 11.3. The van der Waals surface area contributed by atoms with Crippen molar-refractivity contribution >= 4 is 11.4 Å². The first-order valence-corrected chi connectivity index (χ1v) is 8.96. The zero-order chi connectivity index (χ0) is 16.6. The van der Waals surface area contributed by atoms with E-state index in [-0.39, 0.29) is 6.17 Å². The second-order valence-electron chi connectivity index (χ2n) is 6.76. The average Bonchev–Trinajstić information content (AvgIpc) is 3.07. The lowest BCUT2D eigenvalue weighted by atomic mass is 9.88. The molecule has 0 bridgehead atoms. The van der Waals surface area contributed by atoms with Crippen LogP contribution < -0.4 is 0 Å². The Morgan fingerprint density at radius 2 is 1.64 bits per heavy atom. The summed E-state index contributed by atoms with van der Waals surface area (Å²) in [6.45, 7) is 0. The Hall–Kier alpha value is -2.87. The van der Waals surface area contributed by atoms with Crippen LogP contribution in [0.3, 0.4) is 0 Å². The third-order valence-corrected chi connectivity index (χ3v) is 5.21. The normalized spacial score (nSPS) is 24.2. The zero-order valence-corrected chi connectivity index (χ0v) is 14.0. The largest absolute Gasteiger partial charge is 0.317 e. The molecule has 3 aliphatic rings. The summed E-state index contributed by atoms with van der Waals surface area (Å²) in [7, 11) is 0. The van der Waals surface area contributed by atoms with E-state index >= 15 is 0 Å². The molecular formula is C23H20N2. The van der Waals surface area contributed by atoms with E-state index in [2.05, 4.69) is 89.9 Å². The predicted molar refractivity (Wildman–Crippen MR) is 103 cm³/mol. The average molecular weight is 324 g/mol. The van der Waals surface area contributed by atoms with Crippen molar-refractivity contribution in [1.29, 1.82) is 0 Å². The molecule has 2 aromatic rings. The molecule has 2 aromatic carbocycles. The number of benzene rings is 2. The van der Waals surface area contributed by atoms with Crippen molar-refractivity contribution in [3.63, 3.8) is 0 Å². The first kappa shape index (κ1) is 14.5. The van der Waals surface area contributed by atoms with Crippen LogP contribution in [0.25, 0.3) is 5.70 Å². The van der Waals surface area contributed by atoms with Crippen molar-refractivity contribution in [3.8, 4) is 0 Å². The van der Waals surface area contributed by atoms with Gasteiger partial charge in [-0.05, 0) is 30.0 Å². The molecule has 2 atom stereocenters. The first-order chi connectivity index (χ1) is 12.4. The maximum absolute atomic E-state index is 5.03. The SMILES string of the molecule is C1=CC2=NC3CC(c4ccccc4)C=C(c4ccccc4)N3C2=CC1. The maximum atomic E-state index is 5.03. The lowest BCUT2D eigenvalue weighted by Crippen LogP contribution is -2.33. The molecule has 0 saturated carbocycles. The molecule has 0 N–H and O–H groups in total. The summed E-state index contributed by atoms with van der Waals surface area (Å²) in [5.41, 5.74) is 6.32. The molecule has 2 unspecified atom stereocenters. The second kappa shape index (κ2) is 5.89. The Labute approximate surface area is 148 Å². The number of hydrogen-bond donors (Lipinski definition) is 0.